The van der Waals surface area contributed by atoms with Gasteiger partial charge in [0, 0.05) is 32.3 Å². The normalized spacial score (nSPS) is 12.1. The molecule has 0 unspecified atom stereocenters. The minimum absolute atomic E-state index is 0.00717. The van der Waals surface area contributed by atoms with Gasteiger partial charge >= 0.3 is 12.1 Å². The molecule has 0 spiro atoms. The van der Waals surface area contributed by atoms with E-state index in [4.69, 9.17) is 10.5 Å². The SMILES string of the molecule is CCCCN(CCCC)C(=O)/C=C/C(=O)N(C(N)=O)N(C)C(=O)[C@H](C)NC(=O)[C@H](C)NC(=O)OCc1ccccc1. The number of unbranched alkanes of at least 4 members (excludes halogenated alkanes) is 2. The van der Waals surface area contributed by atoms with E-state index in [9.17, 15) is 28.8 Å². The highest BCUT2D eigenvalue weighted by Gasteiger charge is 2.31. The molecular formula is C28H42N6O7. The Hall–Kier alpha value is -4.42. The van der Waals surface area contributed by atoms with Gasteiger partial charge in [0.05, 0.1) is 0 Å². The van der Waals surface area contributed by atoms with Crippen LogP contribution < -0.4 is 16.4 Å². The highest BCUT2D eigenvalue weighted by atomic mass is 16.5. The van der Waals surface area contributed by atoms with Crippen LogP contribution in [-0.4, -0.2) is 82.9 Å². The number of primary amides is 1. The van der Waals surface area contributed by atoms with Crippen LogP contribution in [0.15, 0.2) is 42.5 Å². The fraction of sp³-hybridized carbons (Fsp3) is 0.500. The van der Waals surface area contributed by atoms with Gasteiger partial charge < -0.3 is 26.0 Å². The summed E-state index contributed by atoms with van der Waals surface area (Å²) < 4.78 is 5.08. The van der Waals surface area contributed by atoms with Crippen molar-refractivity contribution in [1.82, 2.24) is 25.6 Å². The van der Waals surface area contributed by atoms with Crippen LogP contribution in [0.5, 0.6) is 0 Å². The van der Waals surface area contributed by atoms with Gasteiger partial charge in [-0.05, 0) is 32.3 Å². The number of carbonyl (C=O) groups excluding carboxylic acids is 6. The van der Waals surface area contributed by atoms with Gasteiger partial charge in [-0.25, -0.2) is 14.6 Å². The van der Waals surface area contributed by atoms with Crippen LogP contribution in [-0.2, 0) is 30.5 Å². The molecule has 0 heterocycles. The van der Waals surface area contributed by atoms with Crippen molar-refractivity contribution < 1.29 is 33.5 Å². The molecule has 0 fully saturated rings. The number of alkyl carbamates (subject to hydrolysis) is 1. The molecule has 1 aromatic rings. The second kappa shape index (κ2) is 18.0. The number of nitrogens with two attached hydrogens (primary N) is 1. The third-order valence-corrected chi connectivity index (χ3v) is 5.95. The van der Waals surface area contributed by atoms with Crippen molar-refractivity contribution in [2.24, 2.45) is 5.73 Å². The number of nitrogens with zero attached hydrogens (tertiary/aromatic N) is 3. The molecule has 0 radical (unpaired) electrons. The number of hydrogen-bond donors (Lipinski definition) is 3. The Bertz CT molecular complexity index is 1070. The van der Waals surface area contributed by atoms with Crippen LogP contribution >= 0.6 is 0 Å². The molecule has 0 aromatic heterocycles. The van der Waals surface area contributed by atoms with Crippen LogP contribution in [0.4, 0.5) is 9.59 Å². The molecule has 7 amide bonds. The lowest BCUT2D eigenvalue weighted by atomic mass is 10.2. The number of hydrogen-bond acceptors (Lipinski definition) is 7. The molecule has 0 saturated carbocycles. The lowest BCUT2D eigenvalue weighted by Crippen LogP contribution is -2.58. The van der Waals surface area contributed by atoms with E-state index < -0.39 is 47.8 Å². The van der Waals surface area contributed by atoms with Crippen LogP contribution in [0, 0.1) is 0 Å². The minimum atomic E-state index is -1.26. The summed E-state index contributed by atoms with van der Waals surface area (Å²) in [6.45, 7) is 7.79. The van der Waals surface area contributed by atoms with Gasteiger partial charge in [-0.2, -0.15) is 5.01 Å². The van der Waals surface area contributed by atoms with Gasteiger partial charge in [0.2, 0.25) is 11.8 Å². The van der Waals surface area contributed by atoms with Crippen molar-refractivity contribution in [3.05, 3.63) is 48.0 Å². The maximum atomic E-state index is 12.9. The molecule has 226 valence electrons. The van der Waals surface area contributed by atoms with Gasteiger partial charge in [-0.3, -0.25) is 19.2 Å². The molecule has 0 aliphatic rings. The third kappa shape index (κ3) is 12.1. The zero-order chi connectivity index (χ0) is 30.9. The molecule has 0 saturated heterocycles. The van der Waals surface area contributed by atoms with Crippen molar-refractivity contribution in [3.63, 3.8) is 0 Å². The van der Waals surface area contributed by atoms with Gasteiger partial charge in [-0.15, -0.1) is 0 Å². The van der Waals surface area contributed by atoms with Crippen molar-refractivity contribution >= 4 is 35.8 Å². The number of urea groups is 1. The van der Waals surface area contributed by atoms with Crippen molar-refractivity contribution in [2.45, 2.75) is 72.1 Å². The fourth-order valence-electron chi connectivity index (χ4n) is 3.54. The summed E-state index contributed by atoms with van der Waals surface area (Å²) in [5.41, 5.74) is 6.11. The standard InChI is InChI=1S/C28H42N6O7/c1-6-8-17-33(18-9-7-2)23(35)15-16-24(36)34(27(29)39)32(5)26(38)21(4)30-25(37)20(3)31-28(40)41-19-22-13-11-10-12-14-22/h10-16,20-21H,6-9,17-19H2,1-5H3,(H2,29,39)(H,30,37)(H,31,40)/b16-15+/t20-,21-/m0/s1. The molecular weight excluding hydrogens is 532 g/mol. The first-order chi connectivity index (χ1) is 19.4. The third-order valence-electron chi connectivity index (χ3n) is 5.95. The highest BCUT2D eigenvalue weighted by molar-refractivity contribution is 6.04. The predicted molar refractivity (Wildman–Crippen MR) is 152 cm³/mol. The number of carbonyl (C=O) groups is 6. The lowest BCUT2D eigenvalue weighted by molar-refractivity contribution is -0.153. The number of likely N-dealkylation sites (N-methyl/N-ethyl adjacent to an activating group) is 1. The maximum absolute atomic E-state index is 12.9. The smallest absolute Gasteiger partial charge is 0.408 e. The van der Waals surface area contributed by atoms with Crippen molar-refractivity contribution in [3.8, 4) is 0 Å². The molecule has 0 aliphatic carbocycles. The van der Waals surface area contributed by atoms with E-state index in [-0.39, 0.29) is 6.61 Å². The number of rotatable bonds is 14. The van der Waals surface area contributed by atoms with E-state index in [0.717, 1.165) is 50.4 Å². The average Bonchev–Trinajstić information content (AvgIpc) is 2.94. The Morgan fingerprint density at radius 2 is 1.44 bits per heavy atom. The molecule has 13 nitrogen and oxygen atoms in total. The molecule has 2 atom stereocenters. The molecule has 41 heavy (non-hydrogen) atoms. The number of nitrogens with one attached hydrogen (secondary N) is 2. The number of benzene rings is 1. The second-order valence-corrected chi connectivity index (χ2v) is 9.37. The minimum Gasteiger partial charge on any atom is -0.445 e. The largest absolute Gasteiger partial charge is 0.445 e. The van der Waals surface area contributed by atoms with Gasteiger partial charge in [0.1, 0.15) is 18.7 Å². The van der Waals surface area contributed by atoms with E-state index in [0.29, 0.717) is 23.1 Å². The summed E-state index contributed by atoms with van der Waals surface area (Å²) in [7, 11) is 1.13. The summed E-state index contributed by atoms with van der Waals surface area (Å²) in [5, 5.41) is 5.79. The monoisotopic (exact) mass is 574 g/mol. The number of imide groups is 1. The van der Waals surface area contributed by atoms with Crippen LogP contribution in [0.25, 0.3) is 0 Å². The first-order valence-electron chi connectivity index (χ1n) is 13.6. The Morgan fingerprint density at radius 3 is 1.98 bits per heavy atom. The van der Waals surface area contributed by atoms with Crippen LogP contribution in [0.3, 0.4) is 0 Å². The maximum Gasteiger partial charge on any atom is 0.408 e. The Kier molecular flexibility index (Phi) is 15.2. The van der Waals surface area contributed by atoms with E-state index in [2.05, 4.69) is 10.6 Å². The first kappa shape index (κ1) is 34.6. The van der Waals surface area contributed by atoms with E-state index in [1.807, 2.05) is 19.9 Å². The van der Waals surface area contributed by atoms with E-state index >= 15 is 0 Å². The number of ether oxygens (including phenoxy) is 1. The summed E-state index contributed by atoms with van der Waals surface area (Å²) in [5.74, 6) is -2.97. The van der Waals surface area contributed by atoms with Crippen LogP contribution in [0.1, 0.15) is 58.9 Å². The molecule has 1 rings (SSSR count). The number of amides is 7. The summed E-state index contributed by atoms with van der Waals surface area (Å²) in [4.78, 5) is 76.5. The molecule has 0 aliphatic heterocycles. The Labute approximate surface area is 241 Å². The number of hydrazine groups is 1. The second-order valence-electron chi connectivity index (χ2n) is 9.37. The van der Waals surface area contributed by atoms with Crippen molar-refractivity contribution in [1.29, 1.82) is 0 Å². The highest BCUT2D eigenvalue weighted by Crippen LogP contribution is 2.05. The molecule has 4 N–H and O–H groups in total. The summed E-state index contributed by atoms with van der Waals surface area (Å²) in [6, 6.07) is 5.42. The van der Waals surface area contributed by atoms with Gasteiger partial charge in [0.25, 0.3) is 11.8 Å². The van der Waals surface area contributed by atoms with E-state index in [1.165, 1.54) is 13.8 Å². The Morgan fingerprint density at radius 1 is 0.878 bits per heavy atom. The van der Waals surface area contributed by atoms with Gasteiger partial charge in [0.15, 0.2) is 0 Å². The fourth-order valence-corrected chi connectivity index (χ4v) is 3.54. The average molecular weight is 575 g/mol. The zero-order valence-corrected chi connectivity index (χ0v) is 24.4. The first-order valence-corrected chi connectivity index (χ1v) is 13.6. The topological polar surface area (TPSA) is 171 Å². The molecule has 1 aromatic carbocycles. The summed E-state index contributed by atoms with van der Waals surface area (Å²) in [6.07, 6.45) is 4.46. The van der Waals surface area contributed by atoms with Crippen molar-refractivity contribution in [2.75, 3.05) is 20.1 Å². The Balaban J connectivity index is 2.75. The lowest BCUT2D eigenvalue weighted by Gasteiger charge is -2.30. The molecule has 0 bridgehead atoms. The predicted octanol–water partition coefficient (Wildman–Crippen LogP) is 2.07. The summed E-state index contributed by atoms with van der Waals surface area (Å²) >= 11 is 0. The quantitative estimate of drug-likeness (QED) is 0.225. The zero-order valence-electron chi connectivity index (χ0n) is 24.4. The molecule has 13 heteroatoms. The van der Waals surface area contributed by atoms with E-state index in [1.54, 1.807) is 29.2 Å². The van der Waals surface area contributed by atoms with Crippen LogP contribution in [0.2, 0.25) is 0 Å². The van der Waals surface area contributed by atoms with Gasteiger partial charge in [-0.1, -0.05) is 57.0 Å².